The van der Waals surface area contributed by atoms with Crippen LogP contribution >= 0.6 is 0 Å². The van der Waals surface area contributed by atoms with Gasteiger partial charge in [-0.25, -0.2) is 4.39 Å². The zero-order valence-corrected chi connectivity index (χ0v) is 15.6. The molecular weight excluding hydrogens is 345 g/mol. The zero-order valence-electron chi connectivity index (χ0n) is 15.6. The molecule has 3 rings (SSSR count). The van der Waals surface area contributed by atoms with E-state index in [0.717, 1.165) is 12.8 Å². The van der Waals surface area contributed by atoms with Gasteiger partial charge in [0.15, 0.2) is 6.10 Å². The van der Waals surface area contributed by atoms with E-state index in [0.29, 0.717) is 31.9 Å². The van der Waals surface area contributed by atoms with Crippen molar-refractivity contribution in [3.05, 3.63) is 66.0 Å². The number of hydrogen-bond acceptors (Lipinski definition) is 3. The second kappa shape index (κ2) is 9.00. The first-order chi connectivity index (χ1) is 13.1. The van der Waals surface area contributed by atoms with Gasteiger partial charge in [-0.05, 0) is 49.1 Å². The van der Waals surface area contributed by atoms with E-state index in [2.05, 4.69) is 17.4 Å². The van der Waals surface area contributed by atoms with Crippen molar-refractivity contribution in [2.75, 3.05) is 19.8 Å². The minimum absolute atomic E-state index is 0.122. The van der Waals surface area contributed by atoms with Crippen LogP contribution in [0.3, 0.4) is 0 Å². The van der Waals surface area contributed by atoms with E-state index < -0.39 is 6.10 Å². The molecule has 0 bridgehead atoms. The number of amides is 1. The summed E-state index contributed by atoms with van der Waals surface area (Å²) in [6.45, 7) is 3.82. The molecule has 1 heterocycles. The molecule has 5 heteroatoms. The van der Waals surface area contributed by atoms with Gasteiger partial charge >= 0.3 is 0 Å². The maximum Gasteiger partial charge on any atom is 0.261 e. The Morgan fingerprint density at radius 3 is 2.44 bits per heavy atom. The van der Waals surface area contributed by atoms with Crippen molar-refractivity contribution in [1.29, 1.82) is 0 Å². The van der Waals surface area contributed by atoms with Crippen molar-refractivity contribution < 1.29 is 18.7 Å². The van der Waals surface area contributed by atoms with E-state index in [1.807, 2.05) is 25.1 Å². The summed E-state index contributed by atoms with van der Waals surface area (Å²) in [5.41, 5.74) is 1.10. The van der Waals surface area contributed by atoms with Gasteiger partial charge < -0.3 is 14.8 Å². The van der Waals surface area contributed by atoms with E-state index in [-0.39, 0.29) is 17.1 Å². The lowest BCUT2D eigenvalue weighted by Crippen LogP contribution is -2.48. The van der Waals surface area contributed by atoms with E-state index in [1.54, 1.807) is 0 Å². The van der Waals surface area contributed by atoms with E-state index >= 15 is 0 Å². The normalized spacial score (nSPS) is 17.1. The third kappa shape index (κ3) is 4.86. The number of halogens is 1. The third-order valence-corrected chi connectivity index (χ3v) is 5.19. The van der Waals surface area contributed by atoms with Gasteiger partial charge in [0.1, 0.15) is 11.6 Å². The first-order valence-corrected chi connectivity index (χ1v) is 9.46. The fourth-order valence-corrected chi connectivity index (χ4v) is 3.49. The molecule has 2 aromatic carbocycles. The molecule has 1 unspecified atom stereocenters. The summed E-state index contributed by atoms with van der Waals surface area (Å²) in [4.78, 5) is 12.7. The van der Waals surface area contributed by atoms with Crippen LogP contribution in [0.1, 0.15) is 31.7 Å². The Morgan fingerprint density at radius 2 is 1.81 bits per heavy atom. The summed E-state index contributed by atoms with van der Waals surface area (Å²) in [5.74, 6) is 0.00929. The Balaban J connectivity index is 1.66. The quantitative estimate of drug-likeness (QED) is 0.804. The van der Waals surface area contributed by atoms with Crippen molar-refractivity contribution in [2.45, 2.75) is 37.7 Å². The van der Waals surface area contributed by atoms with Crippen LogP contribution in [0.25, 0.3) is 0 Å². The van der Waals surface area contributed by atoms with Gasteiger partial charge in [-0.1, -0.05) is 37.3 Å². The van der Waals surface area contributed by atoms with E-state index in [1.165, 1.54) is 29.8 Å². The van der Waals surface area contributed by atoms with Crippen LogP contribution in [0, 0.1) is 5.82 Å². The minimum atomic E-state index is -0.608. The predicted molar refractivity (Wildman–Crippen MR) is 102 cm³/mol. The molecule has 0 saturated carbocycles. The molecule has 1 aliphatic heterocycles. The number of hydrogen-bond donors (Lipinski definition) is 1. The van der Waals surface area contributed by atoms with Crippen LogP contribution in [0.2, 0.25) is 0 Å². The first-order valence-electron chi connectivity index (χ1n) is 9.46. The highest BCUT2D eigenvalue weighted by molar-refractivity contribution is 5.81. The summed E-state index contributed by atoms with van der Waals surface area (Å²) >= 11 is 0. The summed E-state index contributed by atoms with van der Waals surface area (Å²) in [6.07, 6.45) is 1.66. The second-order valence-corrected chi connectivity index (χ2v) is 6.95. The van der Waals surface area contributed by atoms with Crippen molar-refractivity contribution in [3.8, 4) is 5.75 Å². The maximum atomic E-state index is 13.0. The van der Waals surface area contributed by atoms with Crippen LogP contribution in [-0.2, 0) is 14.9 Å². The largest absolute Gasteiger partial charge is 0.481 e. The topological polar surface area (TPSA) is 47.6 Å². The zero-order chi connectivity index (χ0) is 19.1. The Bertz CT molecular complexity index is 727. The van der Waals surface area contributed by atoms with Gasteiger partial charge in [0.05, 0.1) is 0 Å². The molecule has 4 nitrogen and oxygen atoms in total. The molecule has 1 fully saturated rings. The number of carbonyl (C=O) groups excluding carboxylic acids is 1. The predicted octanol–water partition coefficient (Wildman–Crippen LogP) is 3.85. The average Bonchev–Trinajstić information content (AvgIpc) is 2.73. The lowest BCUT2D eigenvalue weighted by atomic mass is 9.74. The molecule has 2 aromatic rings. The molecular formula is C22H26FNO3. The highest BCUT2D eigenvalue weighted by Gasteiger charge is 2.35. The Morgan fingerprint density at radius 1 is 1.15 bits per heavy atom. The van der Waals surface area contributed by atoms with Gasteiger partial charge in [0.25, 0.3) is 5.91 Å². The molecule has 1 atom stereocenters. The monoisotopic (exact) mass is 371 g/mol. The van der Waals surface area contributed by atoms with Crippen LogP contribution in [-0.4, -0.2) is 31.8 Å². The van der Waals surface area contributed by atoms with Crippen LogP contribution in [0.15, 0.2) is 54.6 Å². The van der Waals surface area contributed by atoms with Gasteiger partial charge in [-0.2, -0.15) is 0 Å². The van der Waals surface area contributed by atoms with Crippen molar-refractivity contribution in [3.63, 3.8) is 0 Å². The molecule has 27 heavy (non-hydrogen) atoms. The summed E-state index contributed by atoms with van der Waals surface area (Å²) in [5, 5.41) is 3.08. The van der Waals surface area contributed by atoms with E-state index in [9.17, 15) is 9.18 Å². The van der Waals surface area contributed by atoms with Crippen molar-refractivity contribution >= 4 is 5.91 Å². The number of rotatable bonds is 7. The Labute approximate surface area is 159 Å². The number of ether oxygens (including phenoxy) is 2. The van der Waals surface area contributed by atoms with Crippen LogP contribution in [0.4, 0.5) is 4.39 Å². The smallest absolute Gasteiger partial charge is 0.261 e. The second-order valence-electron chi connectivity index (χ2n) is 6.95. The first kappa shape index (κ1) is 19.4. The number of nitrogens with one attached hydrogen (secondary N) is 1. The van der Waals surface area contributed by atoms with Gasteiger partial charge in [0, 0.05) is 25.2 Å². The fourth-order valence-electron chi connectivity index (χ4n) is 3.49. The Hall–Kier alpha value is -2.40. The summed E-state index contributed by atoms with van der Waals surface area (Å²) in [7, 11) is 0. The highest BCUT2D eigenvalue weighted by Crippen LogP contribution is 2.34. The van der Waals surface area contributed by atoms with Gasteiger partial charge in [-0.15, -0.1) is 0 Å². The summed E-state index contributed by atoms with van der Waals surface area (Å²) < 4.78 is 24.3. The van der Waals surface area contributed by atoms with E-state index in [4.69, 9.17) is 9.47 Å². The fraction of sp³-hybridized carbons (Fsp3) is 0.409. The molecule has 0 radical (unpaired) electrons. The maximum absolute atomic E-state index is 13.0. The van der Waals surface area contributed by atoms with Crippen LogP contribution < -0.4 is 10.1 Å². The lowest BCUT2D eigenvalue weighted by Gasteiger charge is -2.38. The van der Waals surface area contributed by atoms with Gasteiger partial charge in [0.2, 0.25) is 0 Å². The van der Waals surface area contributed by atoms with Crippen LogP contribution in [0.5, 0.6) is 5.75 Å². The molecule has 1 saturated heterocycles. The highest BCUT2D eigenvalue weighted by atomic mass is 19.1. The molecule has 0 aliphatic carbocycles. The average molecular weight is 371 g/mol. The standard InChI is InChI=1S/C22H26FNO3/c1-2-20(27-19-10-8-18(23)9-11-19)21(25)24-16-22(12-14-26-15-13-22)17-6-4-3-5-7-17/h3-11,20H,2,12-16H2,1H3,(H,24,25). The molecule has 1 N–H and O–H groups in total. The molecule has 0 spiro atoms. The molecule has 1 amide bonds. The number of carbonyl (C=O) groups is 1. The molecule has 144 valence electrons. The van der Waals surface area contributed by atoms with Crippen molar-refractivity contribution in [2.24, 2.45) is 0 Å². The summed E-state index contributed by atoms with van der Waals surface area (Å²) in [6, 6.07) is 16.0. The lowest BCUT2D eigenvalue weighted by molar-refractivity contribution is -0.128. The number of benzene rings is 2. The minimum Gasteiger partial charge on any atom is -0.481 e. The third-order valence-electron chi connectivity index (χ3n) is 5.19. The SMILES string of the molecule is CCC(Oc1ccc(F)cc1)C(=O)NCC1(c2ccccc2)CCOCC1. The molecule has 1 aliphatic rings. The van der Waals surface area contributed by atoms with Crippen molar-refractivity contribution in [1.82, 2.24) is 5.32 Å². The molecule has 0 aromatic heterocycles. The van der Waals surface area contributed by atoms with Gasteiger partial charge in [-0.3, -0.25) is 4.79 Å². The Kier molecular flexibility index (Phi) is 6.45.